The van der Waals surface area contributed by atoms with E-state index in [0.29, 0.717) is 5.57 Å². The van der Waals surface area contributed by atoms with Gasteiger partial charge in [0.05, 0.1) is 5.57 Å². The molecule has 1 amide bonds. The average molecular weight is 590 g/mol. The van der Waals surface area contributed by atoms with E-state index < -0.39 is 40.3 Å². The topological polar surface area (TPSA) is 72.9 Å². The number of esters is 2. The summed E-state index contributed by atoms with van der Waals surface area (Å²) in [5.41, 5.74) is 3.65. The number of β-lactam (4-membered cyclic amide) rings is 1. The van der Waals surface area contributed by atoms with Crippen LogP contribution in [-0.4, -0.2) is 38.9 Å². The van der Waals surface area contributed by atoms with Gasteiger partial charge in [0.25, 0.3) is 5.91 Å². The fraction of sp³-hybridized carbons (Fsp3) is 0.194. The molecule has 2 fully saturated rings. The number of carbonyl (C=O) groups is 3. The maximum Gasteiger partial charge on any atom is 0.332 e. The molecule has 2 aliphatic heterocycles. The Morgan fingerprint density at radius 2 is 1.09 bits per heavy atom. The van der Waals surface area contributed by atoms with E-state index in [9.17, 15) is 14.4 Å². The van der Waals surface area contributed by atoms with Crippen LogP contribution in [0.5, 0.6) is 0 Å². The zero-order valence-electron chi connectivity index (χ0n) is 23.8. The minimum atomic E-state index is -0.820. The van der Waals surface area contributed by atoms with Crippen molar-refractivity contribution in [2.24, 2.45) is 0 Å². The summed E-state index contributed by atoms with van der Waals surface area (Å²) in [6, 6.07) is 37.3. The minimum Gasteiger partial charge on any atom is -0.451 e. The first-order valence-corrected chi connectivity index (χ1v) is 15.0. The lowest BCUT2D eigenvalue weighted by Gasteiger charge is -2.39. The van der Waals surface area contributed by atoms with Crippen LogP contribution in [0.25, 0.3) is 0 Å². The lowest BCUT2D eigenvalue weighted by molar-refractivity contribution is -0.160. The van der Waals surface area contributed by atoms with E-state index in [-0.39, 0.29) is 5.91 Å². The molecule has 0 aromatic heterocycles. The number of thioether (sulfide) groups is 1. The molecule has 6 nitrogen and oxygen atoms in total. The van der Waals surface area contributed by atoms with Crippen LogP contribution >= 0.6 is 11.8 Å². The van der Waals surface area contributed by atoms with Crippen LogP contribution in [0.4, 0.5) is 0 Å². The first kappa shape index (κ1) is 28.5. The highest BCUT2D eigenvalue weighted by atomic mass is 32.2. The smallest absolute Gasteiger partial charge is 0.332 e. The van der Waals surface area contributed by atoms with Crippen molar-refractivity contribution >= 4 is 29.6 Å². The molecule has 2 aliphatic rings. The molecule has 4 aromatic rings. The molecule has 2 heterocycles. The van der Waals surface area contributed by atoms with Crippen LogP contribution < -0.4 is 0 Å². The molecule has 0 N–H and O–H groups in total. The molecule has 0 radical (unpaired) electrons. The number of fused-ring (bicyclic) bond motifs is 1. The van der Waals surface area contributed by atoms with E-state index in [1.165, 1.54) is 22.7 Å². The van der Waals surface area contributed by atoms with Crippen LogP contribution in [-0.2, 0) is 23.9 Å². The van der Waals surface area contributed by atoms with Gasteiger partial charge in [-0.1, -0.05) is 121 Å². The molecule has 0 bridgehead atoms. The average Bonchev–Trinajstić information content (AvgIpc) is 3.30. The van der Waals surface area contributed by atoms with Gasteiger partial charge in [-0.3, -0.25) is 4.79 Å². The Morgan fingerprint density at radius 3 is 1.51 bits per heavy atom. The van der Waals surface area contributed by atoms with E-state index in [2.05, 4.69) is 0 Å². The van der Waals surface area contributed by atoms with Gasteiger partial charge in [0.1, 0.15) is 11.4 Å². The maximum atomic E-state index is 13.8. The molecule has 216 valence electrons. The van der Waals surface area contributed by atoms with Gasteiger partial charge in [0.2, 0.25) is 0 Å². The van der Waals surface area contributed by atoms with Crippen LogP contribution in [0.3, 0.4) is 0 Å². The Bertz CT molecular complexity index is 1560. The number of rotatable bonds is 8. The zero-order valence-corrected chi connectivity index (χ0v) is 24.6. The number of ether oxygens (including phenoxy) is 2. The summed E-state index contributed by atoms with van der Waals surface area (Å²) >= 11 is 1.47. The first-order valence-electron chi connectivity index (χ1n) is 14.2. The molecule has 7 heteroatoms. The molecule has 6 rings (SSSR count). The van der Waals surface area contributed by atoms with Crippen molar-refractivity contribution < 1.29 is 23.9 Å². The molecule has 2 saturated heterocycles. The van der Waals surface area contributed by atoms with Crippen LogP contribution in [0.2, 0.25) is 0 Å². The molecule has 43 heavy (non-hydrogen) atoms. The van der Waals surface area contributed by atoms with Gasteiger partial charge in [-0.25, -0.2) is 9.59 Å². The fourth-order valence-corrected chi connectivity index (χ4v) is 7.20. The highest BCUT2D eigenvalue weighted by Crippen LogP contribution is 2.53. The Morgan fingerprint density at radius 1 is 0.698 bits per heavy atom. The second kappa shape index (κ2) is 11.9. The van der Waals surface area contributed by atoms with Crippen molar-refractivity contribution in [2.45, 2.75) is 42.2 Å². The van der Waals surface area contributed by atoms with Crippen molar-refractivity contribution in [2.75, 3.05) is 0 Å². The van der Waals surface area contributed by atoms with Crippen molar-refractivity contribution in [3.05, 3.63) is 155 Å². The lowest BCUT2D eigenvalue weighted by Crippen LogP contribution is -2.59. The summed E-state index contributed by atoms with van der Waals surface area (Å²) in [4.78, 5) is 42.0. The lowest BCUT2D eigenvalue weighted by atomic mass is 9.95. The van der Waals surface area contributed by atoms with Gasteiger partial charge in [-0.15, -0.1) is 11.8 Å². The standard InChI is InChI=1S/C36H31NO5S/c1-36(2)32(35(40)42-31(26-19-11-5-12-20-26)27-21-13-6-14-22-27)37-33(39)28(34(37)43-36)23-29(38)41-30(24-15-7-3-8-16-24)25-17-9-4-10-18-25/h3-23,30-32,34H,1-2H3/b28-23-/t32-,34+/m0/s1. The molecule has 0 aliphatic carbocycles. The SMILES string of the molecule is CC1(C)S[C@@H]2/C(=C\C(=O)OC(c3ccccc3)c3ccccc3)C(=O)N2[C@H]1C(=O)OC(c1ccccc1)c1ccccc1. The van der Waals surface area contributed by atoms with Gasteiger partial charge in [-0.2, -0.15) is 0 Å². The van der Waals surface area contributed by atoms with Crippen LogP contribution in [0.1, 0.15) is 48.3 Å². The number of amides is 1. The fourth-order valence-electron chi connectivity index (χ4n) is 5.66. The second-order valence-electron chi connectivity index (χ2n) is 11.1. The molecular weight excluding hydrogens is 558 g/mol. The summed E-state index contributed by atoms with van der Waals surface area (Å²) in [6.07, 6.45) is 0.0287. The largest absolute Gasteiger partial charge is 0.451 e. The number of benzene rings is 4. The van der Waals surface area contributed by atoms with E-state index in [1.54, 1.807) is 0 Å². The van der Waals surface area contributed by atoms with Crippen LogP contribution in [0.15, 0.2) is 133 Å². The summed E-state index contributed by atoms with van der Waals surface area (Å²) in [5, 5.41) is -0.452. The first-order chi connectivity index (χ1) is 20.8. The van der Waals surface area contributed by atoms with Crippen molar-refractivity contribution in [3.8, 4) is 0 Å². The Balaban J connectivity index is 1.22. The van der Waals surface area contributed by atoms with Gasteiger partial charge in [-0.05, 0) is 36.1 Å². The third-order valence-corrected chi connectivity index (χ3v) is 9.26. The Hall–Kier alpha value is -4.62. The quantitative estimate of drug-likeness (QED) is 0.130. The predicted molar refractivity (Wildman–Crippen MR) is 166 cm³/mol. The monoisotopic (exact) mass is 589 g/mol. The summed E-state index contributed by atoms with van der Waals surface area (Å²) in [6.45, 7) is 3.85. The van der Waals surface area contributed by atoms with Gasteiger partial charge < -0.3 is 14.4 Å². The number of carbonyl (C=O) groups excluding carboxylic acids is 3. The highest BCUT2D eigenvalue weighted by Gasteiger charge is 2.62. The van der Waals surface area contributed by atoms with Gasteiger partial charge in [0, 0.05) is 10.8 Å². The van der Waals surface area contributed by atoms with E-state index in [1.807, 2.05) is 135 Å². The van der Waals surface area contributed by atoms with Crippen molar-refractivity contribution in [3.63, 3.8) is 0 Å². The third kappa shape index (κ3) is 5.73. The van der Waals surface area contributed by atoms with E-state index >= 15 is 0 Å². The molecule has 4 aromatic carbocycles. The predicted octanol–water partition coefficient (Wildman–Crippen LogP) is 6.64. The summed E-state index contributed by atoms with van der Waals surface area (Å²) in [5.74, 6) is -1.46. The molecule has 0 unspecified atom stereocenters. The molecule has 0 saturated carbocycles. The molecular formula is C36H31NO5S. The number of nitrogens with zero attached hydrogens (tertiary/aromatic N) is 1. The molecule has 2 atom stereocenters. The third-order valence-electron chi connectivity index (χ3n) is 7.73. The van der Waals surface area contributed by atoms with Gasteiger partial charge in [0.15, 0.2) is 12.2 Å². The van der Waals surface area contributed by atoms with Crippen molar-refractivity contribution in [1.29, 1.82) is 0 Å². The van der Waals surface area contributed by atoms with Crippen molar-refractivity contribution in [1.82, 2.24) is 4.90 Å². The number of hydrogen-bond acceptors (Lipinski definition) is 6. The maximum absolute atomic E-state index is 13.8. The van der Waals surface area contributed by atoms with Crippen LogP contribution in [0, 0.1) is 0 Å². The Kier molecular flexibility index (Phi) is 7.91. The summed E-state index contributed by atoms with van der Waals surface area (Å²) < 4.78 is 11.4. The Labute approximate surface area is 255 Å². The second-order valence-corrected chi connectivity index (χ2v) is 12.8. The highest BCUT2D eigenvalue weighted by molar-refractivity contribution is 8.01. The zero-order chi connectivity index (χ0) is 30.0. The normalized spacial score (nSPS) is 19.7. The number of hydrogen-bond donors (Lipinski definition) is 0. The molecule has 0 spiro atoms. The van der Waals surface area contributed by atoms with E-state index in [0.717, 1.165) is 22.3 Å². The van der Waals surface area contributed by atoms with E-state index in [4.69, 9.17) is 9.47 Å². The minimum absolute atomic E-state index is 0.320. The summed E-state index contributed by atoms with van der Waals surface area (Å²) in [7, 11) is 0. The van der Waals surface area contributed by atoms with Gasteiger partial charge >= 0.3 is 11.9 Å².